The van der Waals surface area contributed by atoms with E-state index in [4.69, 9.17) is 10.00 Å². The standard InChI is InChI=1S/C29H35N5O6S/c1-20(2)27(29(36)37)32-41(38,39)34-17-15-33(16-18-34)24-10-7-22(8-11-24)5-6-23-9-12-26(40-21(3)4)25(19-23)28(35)31-14-13-30/h7-12,19-21,27,32H,14-18H2,1-4H3,(H,31,35)(H,36,37). The molecule has 1 unspecified atom stereocenters. The lowest BCUT2D eigenvalue weighted by molar-refractivity contribution is -0.140. The van der Waals surface area contributed by atoms with Gasteiger partial charge in [-0.1, -0.05) is 25.7 Å². The second kappa shape index (κ2) is 14.0. The first kappa shape index (κ1) is 31.4. The number of piperazine rings is 1. The Morgan fingerprint density at radius 3 is 2.17 bits per heavy atom. The second-order valence-electron chi connectivity index (χ2n) is 10.1. The van der Waals surface area contributed by atoms with Gasteiger partial charge in [0.2, 0.25) is 0 Å². The average molecular weight is 582 g/mol. The minimum Gasteiger partial charge on any atom is -0.490 e. The summed E-state index contributed by atoms with van der Waals surface area (Å²) in [5, 5.41) is 20.6. The van der Waals surface area contributed by atoms with Gasteiger partial charge < -0.3 is 20.1 Å². The van der Waals surface area contributed by atoms with E-state index in [0.717, 1.165) is 11.3 Å². The van der Waals surface area contributed by atoms with Crippen LogP contribution in [0.3, 0.4) is 0 Å². The molecule has 1 atom stereocenters. The van der Waals surface area contributed by atoms with Crippen molar-refractivity contribution in [2.24, 2.45) is 5.92 Å². The molecular weight excluding hydrogens is 546 g/mol. The summed E-state index contributed by atoms with van der Waals surface area (Å²) in [4.78, 5) is 26.0. The maximum absolute atomic E-state index is 12.7. The highest BCUT2D eigenvalue weighted by Crippen LogP contribution is 2.22. The van der Waals surface area contributed by atoms with Crippen LogP contribution < -0.4 is 19.7 Å². The predicted molar refractivity (Wildman–Crippen MR) is 155 cm³/mol. The number of ether oxygens (including phenoxy) is 1. The fourth-order valence-corrected chi connectivity index (χ4v) is 5.64. The normalized spacial score (nSPS) is 14.6. The summed E-state index contributed by atoms with van der Waals surface area (Å²) in [7, 11) is -3.93. The van der Waals surface area contributed by atoms with E-state index in [1.165, 1.54) is 4.31 Å². The Bertz CT molecular complexity index is 1450. The van der Waals surface area contributed by atoms with Gasteiger partial charge >= 0.3 is 5.97 Å². The molecule has 1 fully saturated rings. The van der Waals surface area contributed by atoms with Crippen molar-refractivity contribution in [2.75, 3.05) is 37.6 Å². The van der Waals surface area contributed by atoms with Crippen molar-refractivity contribution in [1.29, 1.82) is 5.26 Å². The number of amides is 1. The summed E-state index contributed by atoms with van der Waals surface area (Å²) in [6, 6.07) is 13.3. The van der Waals surface area contributed by atoms with Gasteiger partial charge in [-0.2, -0.15) is 22.7 Å². The number of hydrogen-bond acceptors (Lipinski definition) is 7. The van der Waals surface area contributed by atoms with E-state index >= 15 is 0 Å². The fraction of sp³-hybridized carbons (Fsp3) is 0.414. The molecule has 2 aromatic rings. The van der Waals surface area contributed by atoms with Crippen LogP contribution in [0.25, 0.3) is 0 Å². The van der Waals surface area contributed by atoms with Gasteiger partial charge in [0.25, 0.3) is 16.1 Å². The van der Waals surface area contributed by atoms with Crippen molar-refractivity contribution in [3.05, 3.63) is 59.2 Å². The van der Waals surface area contributed by atoms with E-state index in [9.17, 15) is 23.1 Å². The Kier molecular flexibility index (Phi) is 10.7. The highest BCUT2D eigenvalue weighted by Gasteiger charge is 2.33. The van der Waals surface area contributed by atoms with E-state index in [2.05, 4.69) is 26.8 Å². The van der Waals surface area contributed by atoms with Gasteiger partial charge in [0.1, 0.15) is 18.3 Å². The fourth-order valence-electron chi connectivity index (χ4n) is 4.15. The van der Waals surface area contributed by atoms with Crippen molar-refractivity contribution in [3.63, 3.8) is 0 Å². The molecule has 1 heterocycles. The monoisotopic (exact) mass is 581 g/mol. The number of hydrogen-bond donors (Lipinski definition) is 3. The first-order valence-electron chi connectivity index (χ1n) is 13.2. The summed E-state index contributed by atoms with van der Waals surface area (Å²) >= 11 is 0. The third kappa shape index (κ3) is 8.69. The van der Waals surface area contributed by atoms with Gasteiger partial charge in [-0.25, -0.2) is 0 Å². The molecule has 1 aliphatic heterocycles. The van der Waals surface area contributed by atoms with Crippen LogP contribution in [0.4, 0.5) is 5.69 Å². The van der Waals surface area contributed by atoms with Crippen LogP contribution in [0.2, 0.25) is 0 Å². The lowest BCUT2D eigenvalue weighted by Crippen LogP contribution is -2.55. The van der Waals surface area contributed by atoms with Crippen LogP contribution in [0.5, 0.6) is 5.75 Å². The predicted octanol–water partition coefficient (Wildman–Crippen LogP) is 2.19. The van der Waals surface area contributed by atoms with E-state index in [0.29, 0.717) is 30.0 Å². The molecule has 1 amide bonds. The molecule has 0 aromatic heterocycles. The third-order valence-electron chi connectivity index (χ3n) is 6.29. The highest BCUT2D eigenvalue weighted by molar-refractivity contribution is 7.87. The number of carboxylic acids is 1. The lowest BCUT2D eigenvalue weighted by Gasteiger charge is -2.36. The van der Waals surface area contributed by atoms with E-state index in [1.54, 1.807) is 32.0 Å². The minimum absolute atomic E-state index is 0.118. The van der Waals surface area contributed by atoms with Crippen molar-refractivity contribution in [1.82, 2.24) is 14.3 Å². The van der Waals surface area contributed by atoms with Gasteiger partial charge in [0, 0.05) is 43.0 Å². The van der Waals surface area contributed by atoms with Crippen molar-refractivity contribution in [2.45, 2.75) is 39.8 Å². The van der Waals surface area contributed by atoms with E-state index < -0.39 is 28.1 Å². The Balaban J connectivity index is 1.66. The number of benzene rings is 2. The number of rotatable bonds is 10. The average Bonchev–Trinajstić information content (AvgIpc) is 2.94. The molecule has 1 aliphatic rings. The van der Waals surface area contributed by atoms with Crippen molar-refractivity contribution < 1.29 is 27.9 Å². The van der Waals surface area contributed by atoms with E-state index in [1.807, 2.05) is 44.2 Å². The minimum atomic E-state index is -3.93. The molecule has 2 aromatic carbocycles. The van der Waals surface area contributed by atoms with Crippen molar-refractivity contribution in [3.8, 4) is 23.7 Å². The van der Waals surface area contributed by atoms with Crippen LogP contribution in [-0.4, -0.2) is 74.6 Å². The third-order valence-corrected chi connectivity index (χ3v) is 7.88. The Hall–Kier alpha value is -4.10. The largest absolute Gasteiger partial charge is 0.490 e. The molecule has 0 radical (unpaired) electrons. The molecule has 3 rings (SSSR count). The number of nitriles is 1. The van der Waals surface area contributed by atoms with Crippen LogP contribution in [-0.2, 0) is 15.0 Å². The maximum atomic E-state index is 12.7. The van der Waals surface area contributed by atoms with Crippen LogP contribution in [0.15, 0.2) is 42.5 Å². The zero-order valence-electron chi connectivity index (χ0n) is 23.5. The molecule has 3 N–H and O–H groups in total. The van der Waals surface area contributed by atoms with Gasteiger partial charge in [-0.05, 0) is 62.2 Å². The lowest BCUT2D eigenvalue weighted by atomic mass is 10.1. The van der Waals surface area contributed by atoms with Crippen LogP contribution in [0.1, 0.15) is 49.2 Å². The maximum Gasteiger partial charge on any atom is 0.322 e. The number of nitrogens with one attached hydrogen (secondary N) is 2. The molecule has 218 valence electrons. The topological polar surface area (TPSA) is 152 Å². The van der Waals surface area contributed by atoms with Gasteiger partial charge in [-0.15, -0.1) is 0 Å². The second-order valence-corrected chi connectivity index (χ2v) is 11.8. The number of aliphatic carboxylic acids is 1. The number of carbonyl (C=O) groups excluding carboxylic acids is 1. The molecule has 41 heavy (non-hydrogen) atoms. The summed E-state index contributed by atoms with van der Waals surface area (Å²) in [5.74, 6) is 4.55. The number of carboxylic acid groups (broad SMARTS) is 1. The number of anilines is 1. The number of nitrogens with zero attached hydrogens (tertiary/aromatic N) is 3. The molecular formula is C29H35N5O6S. The molecule has 11 nitrogen and oxygen atoms in total. The van der Waals surface area contributed by atoms with Crippen LogP contribution in [0, 0.1) is 29.1 Å². The van der Waals surface area contributed by atoms with Gasteiger partial charge in [-0.3, -0.25) is 9.59 Å². The van der Waals surface area contributed by atoms with Gasteiger partial charge in [0.15, 0.2) is 0 Å². The molecule has 12 heteroatoms. The SMILES string of the molecule is CC(C)Oc1ccc(C#Cc2ccc(N3CCN(S(=O)(=O)NC(C(=O)O)C(C)C)CC3)cc2)cc1C(=O)NCC#N. The van der Waals surface area contributed by atoms with Crippen LogP contribution >= 0.6 is 0 Å². The molecule has 1 saturated heterocycles. The Morgan fingerprint density at radius 1 is 1.00 bits per heavy atom. The van der Waals surface area contributed by atoms with Crippen molar-refractivity contribution >= 4 is 27.8 Å². The summed E-state index contributed by atoms with van der Waals surface area (Å²) in [6.07, 6.45) is -0.133. The molecule has 0 saturated carbocycles. The number of carbonyl (C=O) groups is 2. The zero-order chi connectivity index (χ0) is 30.2. The summed E-state index contributed by atoms with van der Waals surface area (Å²) < 4.78 is 34.8. The summed E-state index contributed by atoms with van der Waals surface area (Å²) in [5.41, 5.74) is 2.58. The first-order chi connectivity index (χ1) is 19.4. The quantitative estimate of drug-likeness (QED) is 0.285. The van der Waals surface area contributed by atoms with E-state index in [-0.39, 0.29) is 31.7 Å². The Morgan fingerprint density at radius 2 is 1.61 bits per heavy atom. The van der Waals surface area contributed by atoms with Gasteiger partial charge in [0.05, 0.1) is 17.7 Å². The zero-order valence-corrected chi connectivity index (χ0v) is 24.4. The first-order valence-corrected chi connectivity index (χ1v) is 14.7. The molecule has 0 spiro atoms. The highest BCUT2D eigenvalue weighted by atomic mass is 32.2. The summed E-state index contributed by atoms with van der Waals surface area (Å²) in [6.45, 7) is 8.26. The smallest absolute Gasteiger partial charge is 0.322 e. The molecule has 0 aliphatic carbocycles. The Labute approximate surface area is 241 Å². The molecule has 0 bridgehead atoms.